The molecule has 0 bridgehead atoms. The summed E-state index contributed by atoms with van der Waals surface area (Å²) in [4.78, 5) is 2.10. The Morgan fingerprint density at radius 3 is 2.34 bits per heavy atom. The molecule has 0 amide bonds. The molecule has 0 aliphatic heterocycles. The lowest BCUT2D eigenvalue weighted by Crippen LogP contribution is -2.19. The topological polar surface area (TPSA) is 115 Å². The summed E-state index contributed by atoms with van der Waals surface area (Å²) >= 11 is 0. The van der Waals surface area contributed by atoms with E-state index in [1.165, 1.54) is 32.6 Å². The Balaban J connectivity index is 1.82. The Hall–Kier alpha value is -3.53. The lowest BCUT2D eigenvalue weighted by atomic mass is 10.1. The van der Waals surface area contributed by atoms with Gasteiger partial charge in [0.2, 0.25) is 0 Å². The molecule has 0 saturated heterocycles. The van der Waals surface area contributed by atoms with Gasteiger partial charge in [0.1, 0.15) is 22.1 Å². The first-order valence-electron chi connectivity index (χ1n) is 8.43. The van der Waals surface area contributed by atoms with Gasteiger partial charge >= 0.3 is 0 Å². The van der Waals surface area contributed by atoms with Crippen LogP contribution >= 0.6 is 0 Å². The number of hydrazone groups is 1. The van der Waals surface area contributed by atoms with Crippen molar-refractivity contribution in [3.63, 3.8) is 0 Å². The van der Waals surface area contributed by atoms with Gasteiger partial charge in [0, 0.05) is 17.2 Å². The van der Waals surface area contributed by atoms with E-state index in [2.05, 4.69) is 20.1 Å². The molecule has 10 heteroatoms. The maximum absolute atomic E-state index is 12.6. The Morgan fingerprint density at radius 2 is 1.69 bits per heavy atom. The third kappa shape index (κ3) is 4.49. The third-order valence-electron chi connectivity index (χ3n) is 4.08. The zero-order chi connectivity index (χ0) is 20.9. The molecule has 0 unspecified atom stereocenters. The average Bonchev–Trinajstić information content (AvgIpc) is 3.21. The second-order valence-electron chi connectivity index (χ2n) is 5.80. The number of sulfonamides is 1. The monoisotopic (exact) mass is 416 g/mol. The van der Waals surface area contributed by atoms with Crippen LogP contribution in [0.5, 0.6) is 17.2 Å². The molecule has 0 radical (unpaired) electrons. The minimum absolute atomic E-state index is 0.0842. The molecule has 152 valence electrons. The normalized spacial score (nSPS) is 11.4. The fraction of sp³-hybridized carbons (Fsp3) is 0.158. The van der Waals surface area contributed by atoms with Crippen LogP contribution < -0.4 is 19.0 Å². The van der Waals surface area contributed by atoms with E-state index in [1.54, 1.807) is 19.4 Å². The van der Waals surface area contributed by atoms with E-state index in [9.17, 15) is 8.42 Å². The molecule has 0 aliphatic carbocycles. The SMILES string of the molecule is COc1ccc(-c2[nH]ncc2C=NNS(=O)(=O)c2cc(OC)ccc2OC)cc1. The fourth-order valence-corrected chi connectivity index (χ4v) is 3.57. The van der Waals surface area contributed by atoms with Crippen molar-refractivity contribution in [3.8, 4) is 28.5 Å². The molecule has 9 nitrogen and oxygen atoms in total. The highest BCUT2D eigenvalue weighted by Crippen LogP contribution is 2.28. The summed E-state index contributed by atoms with van der Waals surface area (Å²) in [6.07, 6.45) is 2.91. The van der Waals surface area contributed by atoms with Gasteiger partial charge in [0.05, 0.1) is 39.4 Å². The summed E-state index contributed by atoms with van der Waals surface area (Å²) in [5, 5.41) is 10.7. The highest BCUT2D eigenvalue weighted by Gasteiger charge is 2.20. The van der Waals surface area contributed by atoms with Crippen LogP contribution in [0.15, 0.2) is 58.7 Å². The summed E-state index contributed by atoms with van der Waals surface area (Å²) in [6, 6.07) is 11.8. The van der Waals surface area contributed by atoms with Gasteiger partial charge in [-0.3, -0.25) is 5.10 Å². The molecule has 2 N–H and O–H groups in total. The number of hydrogen-bond acceptors (Lipinski definition) is 7. The first-order chi connectivity index (χ1) is 14.0. The molecule has 1 heterocycles. The number of ether oxygens (including phenoxy) is 3. The van der Waals surface area contributed by atoms with Crippen LogP contribution in [0.1, 0.15) is 5.56 Å². The van der Waals surface area contributed by atoms with Crippen molar-refractivity contribution in [2.75, 3.05) is 21.3 Å². The smallest absolute Gasteiger partial charge is 0.280 e. The number of hydrogen-bond donors (Lipinski definition) is 2. The zero-order valence-electron chi connectivity index (χ0n) is 16.0. The summed E-state index contributed by atoms with van der Waals surface area (Å²) in [5.41, 5.74) is 2.15. The molecule has 0 fully saturated rings. The van der Waals surface area contributed by atoms with Crippen molar-refractivity contribution in [3.05, 3.63) is 54.2 Å². The molecule has 29 heavy (non-hydrogen) atoms. The van der Waals surface area contributed by atoms with Gasteiger partial charge in [-0.05, 0) is 36.4 Å². The minimum atomic E-state index is -3.98. The third-order valence-corrected chi connectivity index (χ3v) is 5.33. The van der Waals surface area contributed by atoms with E-state index in [1.807, 2.05) is 24.3 Å². The fourth-order valence-electron chi connectivity index (χ4n) is 2.59. The van der Waals surface area contributed by atoms with E-state index in [4.69, 9.17) is 14.2 Å². The van der Waals surface area contributed by atoms with E-state index in [0.29, 0.717) is 17.0 Å². The predicted molar refractivity (Wildman–Crippen MR) is 108 cm³/mol. The highest BCUT2D eigenvalue weighted by molar-refractivity contribution is 7.89. The first-order valence-corrected chi connectivity index (χ1v) is 9.91. The molecule has 0 aliphatic rings. The summed E-state index contributed by atoms with van der Waals surface area (Å²) in [5.74, 6) is 1.28. The van der Waals surface area contributed by atoms with E-state index >= 15 is 0 Å². The largest absolute Gasteiger partial charge is 0.497 e. The molecular formula is C19H20N4O5S. The number of benzene rings is 2. The van der Waals surface area contributed by atoms with Crippen molar-refractivity contribution in [1.82, 2.24) is 15.0 Å². The summed E-state index contributed by atoms with van der Waals surface area (Å²) in [6.45, 7) is 0. The van der Waals surface area contributed by atoms with Crippen molar-refractivity contribution in [2.45, 2.75) is 4.90 Å². The van der Waals surface area contributed by atoms with Gasteiger partial charge < -0.3 is 14.2 Å². The molecule has 0 saturated carbocycles. The lowest BCUT2D eigenvalue weighted by Gasteiger charge is -2.10. The van der Waals surface area contributed by atoms with Gasteiger partial charge in [0.15, 0.2) is 0 Å². The maximum Gasteiger partial charge on any atom is 0.280 e. The molecule has 2 aromatic carbocycles. The maximum atomic E-state index is 12.6. The molecular weight excluding hydrogens is 396 g/mol. The van der Waals surface area contributed by atoms with Crippen molar-refractivity contribution in [2.24, 2.45) is 5.10 Å². The zero-order valence-corrected chi connectivity index (χ0v) is 16.9. The quantitative estimate of drug-likeness (QED) is 0.430. The summed E-state index contributed by atoms with van der Waals surface area (Å²) in [7, 11) is 0.448. The Bertz CT molecular complexity index is 1110. The van der Waals surface area contributed by atoms with E-state index in [0.717, 1.165) is 11.3 Å². The van der Waals surface area contributed by atoms with Crippen LogP contribution in [0.2, 0.25) is 0 Å². The van der Waals surface area contributed by atoms with Crippen molar-refractivity contribution < 1.29 is 22.6 Å². The van der Waals surface area contributed by atoms with Crippen LogP contribution in [0.3, 0.4) is 0 Å². The highest BCUT2D eigenvalue weighted by atomic mass is 32.2. The van der Waals surface area contributed by atoms with Crippen LogP contribution in [-0.2, 0) is 10.0 Å². The number of aromatic nitrogens is 2. The van der Waals surface area contributed by atoms with Crippen LogP contribution in [-0.4, -0.2) is 46.2 Å². The average molecular weight is 416 g/mol. The van der Waals surface area contributed by atoms with Crippen molar-refractivity contribution >= 4 is 16.2 Å². The van der Waals surface area contributed by atoms with Gasteiger partial charge in [-0.2, -0.15) is 23.4 Å². The van der Waals surface area contributed by atoms with Gasteiger partial charge in [0.25, 0.3) is 10.0 Å². The number of methoxy groups -OCH3 is 3. The second kappa shape index (κ2) is 8.65. The second-order valence-corrected chi connectivity index (χ2v) is 7.43. The molecule has 0 spiro atoms. The standard InChI is InChI=1S/C19H20N4O5S/c1-26-15-6-4-13(5-7-15)19-14(11-20-22-19)12-21-23-29(24,25)18-10-16(27-2)8-9-17(18)28-3/h4-12,23H,1-3H3,(H,20,22). The number of H-pyrrole nitrogens is 1. The predicted octanol–water partition coefficient (Wildman–Crippen LogP) is 2.41. The van der Waals surface area contributed by atoms with Crippen LogP contribution in [0.4, 0.5) is 0 Å². The van der Waals surface area contributed by atoms with E-state index < -0.39 is 10.0 Å². The Morgan fingerprint density at radius 1 is 1.00 bits per heavy atom. The van der Waals surface area contributed by atoms with Gasteiger partial charge in [-0.1, -0.05) is 0 Å². The number of nitrogens with zero attached hydrogens (tertiary/aromatic N) is 2. The lowest BCUT2D eigenvalue weighted by molar-refractivity contribution is 0.392. The molecule has 0 atom stereocenters. The Labute approximate surface area is 168 Å². The summed E-state index contributed by atoms with van der Waals surface area (Å²) < 4.78 is 40.6. The molecule has 3 rings (SSSR count). The molecule has 3 aromatic rings. The number of rotatable bonds is 8. The van der Waals surface area contributed by atoms with Crippen LogP contribution in [0, 0.1) is 0 Å². The Kier molecular flexibility index (Phi) is 6.03. The minimum Gasteiger partial charge on any atom is -0.497 e. The van der Waals surface area contributed by atoms with E-state index in [-0.39, 0.29) is 10.6 Å². The first kappa shape index (κ1) is 20.2. The van der Waals surface area contributed by atoms with Gasteiger partial charge in [-0.25, -0.2) is 0 Å². The van der Waals surface area contributed by atoms with Gasteiger partial charge in [-0.15, -0.1) is 0 Å². The molecule has 1 aromatic heterocycles. The van der Waals surface area contributed by atoms with Crippen molar-refractivity contribution in [1.29, 1.82) is 0 Å². The number of nitrogens with one attached hydrogen (secondary N) is 2. The number of aromatic amines is 1. The van der Waals surface area contributed by atoms with Crippen LogP contribution in [0.25, 0.3) is 11.3 Å².